The molecule has 0 spiro atoms. The van der Waals surface area contributed by atoms with Crippen molar-refractivity contribution < 1.29 is 24.6 Å². The number of Topliss-reactive ketones (excluding diaryl/α,β-unsaturated/α-hetero) is 1. The predicted octanol–water partition coefficient (Wildman–Crippen LogP) is -0.495. The van der Waals surface area contributed by atoms with Gasteiger partial charge in [0.25, 0.3) is 0 Å². The summed E-state index contributed by atoms with van der Waals surface area (Å²) in [5.41, 5.74) is 0. The van der Waals surface area contributed by atoms with E-state index in [1.807, 2.05) is 0 Å². The second-order valence-electron chi connectivity index (χ2n) is 1.62. The Morgan fingerprint density at radius 1 is 1.00 bits per heavy atom. The first-order chi connectivity index (χ1) is 4.54. The van der Waals surface area contributed by atoms with Crippen LogP contribution < -0.4 is 0 Å². The van der Waals surface area contributed by atoms with Crippen LogP contribution in [0.25, 0.3) is 0 Å². The third-order valence-corrected chi connectivity index (χ3v) is 0.804. The molecule has 0 heterocycles. The van der Waals surface area contributed by atoms with Gasteiger partial charge in [-0.3, -0.25) is 9.59 Å². The van der Waals surface area contributed by atoms with Crippen molar-refractivity contribution in [2.24, 2.45) is 0 Å². The minimum absolute atomic E-state index is 0.425. The molecule has 0 atom stereocenters. The van der Waals surface area contributed by atoms with Crippen LogP contribution in [0.2, 0.25) is 0 Å². The van der Waals surface area contributed by atoms with Gasteiger partial charge in [-0.2, -0.15) is 0 Å². The molecule has 2 N–H and O–H groups in total. The summed E-state index contributed by atoms with van der Waals surface area (Å²) in [6.07, 6.45) is -0.865. The summed E-state index contributed by atoms with van der Waals surface area (Å²) in [7, 11) is 0. The molecule has 0 fully saturated rings. The Balaban J connectivity index is 3.60. The van der Waals surface area contributed by atoms with Crippen LogP contribution >= 0.6 is 0 Å². The molecular weight excluding hydrogens is 145 g/mol. The molecule has 0 rings (SSSR count). The number of aliphatic carboxylic acids is 2. The first kappa shape index (κ1) is 8.61. The average Bonchev–Trinajstić information content (AvgIpc) is 1.82. The molecule has 0 aromatic heterocycles. The second kappa shape index (κ2) is 3.60. The smallest absolute Gasteiger partial charge is 0.372 e. The lowest BCUT2D eigenvalue weighted by molar-refractivity contribution is -0.149. The molecule has 10 heavy (non-hydrogen) atoms. The SMILES string of the molecule is O=[13C](O)[13CH2][13CH2][13C](=O)[13C](=O)O. The zero-order valence-corrected chi connectivity index (χ0v) is 5.03. The van der Waals surface area contributed by atoms with Crippen molar-refractivity contribution in [2.75, 3.05) is 0 Å². The van der Waals surface area contributed by atoms with Crippen LogP contribution in [0.3, 0.4) is 0 Å². The second-order valence-corrected chi connectivity index (χ2v) is 1.62. The van der Waals surface area contributed by atoms with Gasteiger partial charge in [0.1, 0.15) is 0 Å². The van der Waals surface area contributed by atoms with E-state index in [0.717, 1.165) is 0 Å². The number of carboxylic acid groups (broad SMARTS) is 2. The van der Waals surface area contributed by atoms with E-state index < -0.39 is 30.6 Å². The maximum atomic E-state index is 10.2. The number of carbonyl (C=O) groups excluding carboxylic acids is 1. The van der Waals surface area contributed by atoms with E-state index in [1.165, 1.54) is 0 Å². The van der Waals surface area contributed by atoms with Crippen LogP contribution in [0.15, 0.2) is 0 Å². The normalized spacial score (nSPS) is 8.80. The van der Waals surface area contributed by atoms with Crippen LogP contribution in [0.1, 0.15) is 12.8 Å². The van der Waals surface area contributed by atoms with E-state index >= 15 is 0 Å². The van der Waals surface area contributed by atoms with Gasteiger partial charge in [0.15, 0.2) is 0 Å². The number of carboxylic acids is 2. The lowest BCUT2D eigenvalue weighted by Crippen LogP contribution is -2.13. The molecule has 0 aliphatic heterocycles. The molecule has 0 saturated heterocycles. The highest BCUT2D eigenvalue weighted by Gasteiger charge is 2.12. The Labute approximate surface area is 56.3 Å². The van der Waals surface area contributed by atoms with E-state index in [4.69, 9.17) is 10.2 Å². The van der Waals surface area contributed by atoms with Crippen LogP contribution in [-0.4, -0.2) is 27.9 Å². The summed E-state index contributed by atoms with van der Waals surface area (Å²) in [5.74, 6) is -3.82. The van der Waals surface area contributed by atoms with Gasteiger partial charge in [-0.15, -0.1) is 0 Å². The van der Waals surface area contributed by atoms with Gasteiger partial charge in [0.2, 0.25) is 5.78 Å². The topological polar surface area (TPSA) is 91.7 Å². The summed E-state index contributed by atoms with van der Waals surface area (Å²) in [6.45, 7) is 0. The van der Waals surface area contributed by atoms with Crippen molar-refractivity contribution in [3.63, 3.8) is 0 Å². The molecule has 0 aliphatic rings. The third-order valence-electron chi connectivity index (χ3n) is 0.804. The van der Waals surface area contributed by atoms with Crippen LogP contribution in [0.4, 0.5) is 0 Å². The van der Waals surface area contributed by atoms with Crippen molar-refractivity contribution in [3.8, 4) is 0 Å². The summed E-state index contributed by atoms with van der Waals surface area (Å²) in [6, 6.07) is 0. The average molecular weight is 151 g/mol. The highest BCUT2D eigenvalue weighted by atomic mass is 16.5. The van der Waals surface area contributed by atoms with Gasteiger partial charge in [-0.05, 0) is 0 Å². The van der Waals surface area contributed by atoms with E-state index in [2.05, 4.69) is 0 Å². The van der Waals surface area contributed by atoms with Crippen LogP contribution in [0.5, 0.6) is 0 Å². The third kappa shape index (κ3) is 3.59. The highest BCUT2D eigenvalue weighted by Crippen LogP contribution is 1.89. The molecule has 0 amide bonds. The van der Waals surface area contributed by atoms with Gasteiger partial charge in [0.05, 0.1) is 6.42 Å². The molecule has 0 aromatic carbocycles. The van der Waals surface area contributed by atoms with Gasteiger partial charge in [-0.25, -0.2) is 4.79 Å². The van der Waals surface area contributed by atoms with E-state index in [1.54, 1.807) is 0 Å². The number of hydrogen-bond acceptors (Lipinski definition) is 3. The molecule has 5 heteroatoms. The first-order valence-corrected chi connectivity index (χ1v) is 2.52. The minimum Gasteiger partial charge on any atom is -0.481 e. The van der Waals surface area contributed by atoms with Gasteiger partial charge in [0, 0.05) is 6.42 Å². The van der Waals surface area contributed by atoms with Crippen molar-refractivity contribution in [1.82, 2.24) is 0 Å². The summed E-state index contributed by atoms with van der Waals surface area (Å²) in [5, 5.41) is 16.0. The van der Waals surface area contributed by atoms with Crippen molar-refractivity contribution in [3.05, 3.63) is 0 Å². The number of ketones is 1. The fraction of sp³-hybridized carbons (Fsp3) is 0.400. The lowest BCUT2D eigenvalue weighted by Gasteiger charge is -1.88. The quantitative estimate of drug-likeness (QED) is 0.417. The van der Waals surface area contributed by atoms with Crippen molar-refractivity contribution in [2.45, 2.75) is 12.8 Å². The van der Waals surface area contributed by atoms with Crippen LogP contribution in [0, 0.1) is 0 Å². The van der Waals surface area contributed by atoms with Crippen molar-refractivity contribution >= 4 is 17.7 Å². The molecule has 0 bridgehead atoms. The van der Waals surface area contributed by atoms with Crippen LogP contribution in [-0.2, 0) is 14.4 Å². The molecule has 0 aromatic rings. The standard InChI is InChI=1S/C5H6O5/c6-3(5(9)10)1-2-4(7)8/h1-2H2,(H,7,8)(H,9,10)/i1+1,2+1,3+1,4+1,5+1. The maximum absolute atomic E-state index is 10.2. The zero-order valence-electron chi connectivity index (χ0n) is 5.03. The Kier molecular flexibility index (Phi) is 3.10. The molecule has 0 aliphatic carbocycles. The number of hydrogen-bond donors (Lipinski definition) is 2. The monoisotopic (exact) mass is 151 g/mol. The molecule has 0 saturated carbocycles. The van der Waals surface area contributed by atoms with Gasteiger partial charge in [-0.1, -0.05) is 0 Å². The minimum atomic E-state index is -1.58. The number of carbonyl (C=O) groups is 3. The summed E-state index contributed by atoms with van der Waals surface area (Å²) >= 11 is 0. The highest BCUT2D eigenvalue weighted by molar-refractivity contribution is 6.32. The molecule has 5 nitrogen and oxygen atoms in total. The lowest BCUT2D eigenvalue weighted by atomic mass is 11.2. The zero-order chi connectivity index (χ0) is 8.15. The Hall–Kier alpha value is -1.39. The molecular formula is C5H6O5. The molecule has 0 radical (unpaired) electrons. The predicted molar refractivity (Wildman–Crippen MR) is 29.5 cm³/mol. The van der Waals surface area contributed by atoms with E-state index in [9.17, 15) is 14.4 Å². The molecule has 56 valence electrons. The first-order valence-electron chi connectivity index (χ1n) is 2.52. The van der Waals surface area contributed by atoms with Gasteiger partial charge >= 0.3 is 11.9 Å². The maximum Gasteiger partial charge on any atom is 0.372 e. The van der Waals surface area contributed by atoms with Gasteiger partial charge < -0.3 is 10.2 Å². The van der Waals surface area contributed by atoms with Crippen molar-refractivity contribution in [1.29, 1.82) is 0 Å². The fourth-order valence-electron chi connectivity index (χ4n) is 0.327. The van der Waals surface area contributed by atoms with E-state index in [0.29, 0.717) is 0 Å². The Bertz CT molecular complexity index is 171. The Morgan fingerprint density at radius 3 is 1.80 bits per heavy atom. The Morgan fingerprint density at radius 2 is 1.50 bits per heavy atom. The summed E-state index contributed by atoms with van der Waals surface area (Å²) in [4.78, 5) is 29.7. The van der Waals surface area contributed by atoms with E-state index in [-0.39, 0.29) is 0 Å². The fourth-order valence-corrected chi connectivity index (χ4v) is 0.327. The number of rotatable bonds is 4. The largest absolute Gasteiger partial charge is 0.481 e. The molecule has 0 unspecified atom stereocenters. The summed E-state index contributed by atoms with van der Waals surface area (Å²) < 4.78 is 0.